The van der Waals surface area contributed by atoms with Crippen molar-refractivity contribution in [3.8, 4) is 0 Å². The Labute approximate surface area is 80.5 Å². The predicted molar refractivity (Wildman–Crippen MR) is 58.4 cm³/mol. The average Bonchev–Trinajstić information content (AvgIpc) is 2.07. The average molecular weight is 235 g/mol. The van der Waals surface area contributed by atoms with Crippen molar-refractivity contribution in [2.45, 2.75) is 44.3 Å². The Bertz CT molecular complexity index is 97.7. The lowest BCUT2D eigenvalue weighted by molar-refractivity contribution is 0.528. The summed E-state index contributed by atoms with van der Waals surface area (Å²) < 4.78 is 0. The third kappa shape index (κ3) is 3.28. The van der Waals surface area contributed by atoms with Crippen molar-refractivity contribution in [2.24, 2.45) is 5.92 Å². The van der Waals surface area contributed by atoms with E-state index in [1.165, 1.54) is 24.6 Å². The lowest BCUT2D eigenvalue weighted by atomic mass is 10.1. The van der Waals surface area contributed by atoms with Gasteiger partial charge in [0.1, 0.15) is 0 Å². The smallest absolute Gasteiger partial charge is 0.0367 e. The minimum Gasteiger partial charge on any atom is -0.0925 e. The van der Waals surface area contributed by atoms with E-state index < -0.39 is 0 Å². The molecule has 2 heteroatoms. The molecular weight excluding hydrogens is 216 g/mol. The van der Waals surface area contributed by atoms with Crippen LogP contribution < -0.4 is 0 Å². The molecule has 1 aliphatic rings. The molecule has 1 heterocycles. The van der Waals surface area contributed by atoms with Crippen LogP contribution in [0.15, 0.2) is 0 Å². The van der Waals surface area contributed by atoms with Gasteiger partial charge in [-0.1, -0.05) is 60.2 Å². The van der Waals surface area contributed by atoms with Crippen LogP contribution in [0.3, 0.4) is 0 Å². The summed E-state index contributed by atoms with van der Waals surface area (Å²) in [6.45, 7) is 2.34. The maximum atomic E-state index is 3.59. The highest BCUT2D eigenvalue weighted by Gasteiger charge is 2.20. The Kier molecular flexibility index (Phi) is 4.77. The van der Waals surface area contributed by atoms with Crippen LogP contribution in [0, 0.1) is 5.92 Å². The van der Waals surface area contributed by atoms with Crippen molar-refractivity contribution in [3.63, 3.8) is 0 Å². The summed E-state index contributed by atoms with van der Waals surface area (Å²) in [7, 11) is -0.199. The van der Waals surface area contributed by atoms with Gasteiger partial charge < -0.3 is 0 Å². The monoisotopic (exact) mass is 234 g/mol. The third-order valence-corrected chi connectivity index (χ3v) is 7.49. The van der Waals surface area contributed by atoms with E-state index >= 15 is 0 Å². The van der Waals surface area contributed by atoms with E-state index in [9.17, 15) is 0 Å². The van der Waals surface area contributed by atoms with Gasteiger partial charge in [-0.15, -0.1) is 0 Å². The summed E-state index contributed by atoms with van der Waals surface area (Å²) in [6.07, 6.45) is 4.50. The number of alkyl halides is 1. The lowest BCUT2D eigenvalue weighted by Crippen LogP contribution is -2.21. The topological polar surface area (TPSA) is 0 Å². The van der Waals surface area contributed by atoms with Crippen molar-refractivity contribution in [2.75, 3.05) is 5.33 Å². The van der Waals surface area contributed by atoms with Gasteiger partial charge in [0.25, 0.3) is 0 Å². The van der Waals surface area contributed by atoms with Gasteiger partial charge in [-0.3, -0.25) is 0 Å². The third-order valence-electron chi connectivity index (χ3n) is 2.88. The SMILES string of the molecule is CCC[Si@H]1CC[C@H](CBr)CC1. The summed E-state index contributed by atoms with van der Waals surface area (Å²) in [5.74, 6) is 1.02. The molecule has 0 aliphatic carbocycles. The summed E-state index contributed by atoms with van der Waals surface area (Å²) in [4.78, 5) is 0. The normalized spacial score (nSPS) is 32.2. The molecule has 1 saturated heterocycles. The Hall–Kier alpha value is 0.697. The van der Waals surface area contributed by atoms with E-state index in [1.54, 1.807) is 18.1 Å². The molecule has 66 valence electrons. The number of hydrogen-bond donors (Lipinski definition) is 0. The van der Waals surface area contributed by atoms with Crippen molar-refractivity contribution >= 4 is 24.7 Å². The van der Waals surface area contributed by atoms with Gasteiger partial charge in [-0.25, -0.2) is 0 Å². The fourth-order valence-corrected chi connectivity index (χ4v) is 6.30. The first-order valence-electron chi connectivity index (χ1n) is 4.92. The molecule has 0 unspecified atom stereocenters. The Morgan fingerprint density at radius 1 is 1.36 bits per heavy atom. The van der Waals surface area contributed by atoms with Crippen LogP contribution in [0.25, 0.3) is 0 Å². The van der Waals surface area contributed by atoms with Crippen LogP contribution in [0.4, 0.5) is 0 Å². The van der Waals surface area contributed by atoms with Crippen molar-refractivity contribution in [3.05, 3.63) is 0 Å². The second kappa shape index (κ2) is 5.36. The van der Waals surface area contributed by atoms with E-state index in [0.29, 0.717) is 0 Å². The fourth-order valence-electron chi connectivity index (χ4n) is 2.08. The molecule has 0 spiro atoms. The summed E-state index contributed by atoms with van der Waals surface area (Å²) >= 11 is 3.59. The molecule has 1 aliphatic heterocycles. The van der Waals surface area contributed by atoms with Crippen LogP contribution in [-0.2, 0) is 0 Å². The highest BCUT2D eigenvalue weighted by atomic mass is 79.9. The van der Waals surface area contributed by atoms with Crippen molar-refractivity contribution < 1.29 is 0 Å². The van der Waals surface area contributed by atoms with Gasteiger partial charge in [0.05, 0.1) is 0 Å². The maximum Gasteiger partial charge on any atom is 0.0367 e. The molecule has 1 rings (SSSR count). The largest absolute Gasteiger partial charge is 0.0925 e. The standard InChI is InChI=1S/C9H19BrSi/c1-2-5-11-6-3-9(8-10)4-7-11/h9,11H,2-8H2,1H3/t9-,11-. The van der Waals surface area contributed by atoms with Crippen LogP contribution in [-0.4, -0.2) is 14.1 Å². The zero-order valence-corrected chi connectivity index (χ0v) is 10.2. The molecule has 0 radical (unpaired) electrons. The van der Waals surface area contributed by atoms with Crippen LogP contribution in [0.2, 0.25) is 18.1 Å². The van der Waals surface area contributed by atoms with Crippen molar-refractivity contribution in [1.82, 2.24) is 0 Å². The van der Waals surface area contributed by atoms with Gasteiger partial charge in [-0.05, 0) is 5.92 Å². The minimum atomic E-state index is -0.199. The highest BCUT2D eigenvalue weighted by molar-refractivity contribution is 9.09. The molecular formula is C9H19BrSi. The Balaban J connectivity index is 2.14. The van der Waals surface area contributed by atoms with E-state index in [2.05, 4.69) is 22.9 Å². The first kappa shape index (κ1) is 9.78. The molecule has 1 fully saturated rings. The molecule has 0 aromatic rings. The zero-order valence-electron chi connectivity index (χ0n) is 7.48. The first-order valence-corrected chi connectivity index (χ1v) is 8.49. The summed E-state index contributed by atoms with van der Waals surface area (Å²) in [5.41, 5.74) is 0. The van der Waals surface area contributed by atoms with Crippen LogP contribution in [0.5, 0.6) is 0 Å². The fraction of sp³-hybridized carbons (Fsp3) is 1.00. The molecule has 0 nitrogen and oxygen atoms in total. The predicted octanol–water partition coefficient (Wildman–Crippen LogP) is 3.43. The Morgan fingerprint density at radius 3 is 2.45 bits per heavy atom. The second-order valence-corrected chi connectivity index (χ2v) is 7.94. The van der Waals surface area contributed by atoms with E-state index in [-0.39, 0.29) is 8.80 Å². The molecule has 0 atom stereocenters. The molecule has 0 amide bonds. The van der Waals surface area contributed by atoms with E-state index in [4.69, 9.17) is 0 Å². The molecule has 0 aromatic heterocycles. The molecule has 11 heavy (non-hydrogen) atoms. The summed E-state index contributed by atoms with van der Waals surface area (Å²) in [6, 6.07) is 4.86. The van der Waals surface area contributed by atoms with Crippen LogP contribution >= 0.6 is 15.9 Å². The molecule has 0 bridgehead atoms. The maximum absolute atomic E-state index is 3.59. The van der Waals surface area contributed by atoms with Gasteiger partial charge in [0.15, 0.2) is 0 Å². The van der Waals surface area contributed by atoms with Gasteiger partial charge >= 0.3 is 0 Å². The van der Waals surface area contributed by atoms with Crippen molar-refractivity contribution in [1.29, 1.82) is 0 Å². The number of rotatable bonds is 3. The molecule has 0 saturated carbocycles. The molecule has 0 aromatic carbocycles. The second-order valence-electron chi connectivity index (χ2n) is 3.83. The number of halogens is 1. The van der Waals surface area contributed by atoms with Gasteiger partial charge in [0, 0.05) is 14.1 Å². The number of hydrogen-bond acceptors (Lipinski definition) is 0. The lowest BCUT2D eigenvalue weighted by Gasteiger charge is -2.25. The summed E-state index contributed by atoms with van der Waals surface area (Å²) in [5, 5.41) is 1.25. The van der Waals surface area contributed by atoms with Gasteiger partial charge in [0.2, 0.25) is 0 Å². The first-order chi connectivity index (χ1) is 5.36. The van der Waals surface area contributed by atoms with Crippen LogP contribution in [0.1, 0.15) is 26.2 Å². The van der Waals surface area contributed by atoms with E-state index in [0.717, 1.165) is 5.92 Å². The molecule has 0 N–H and O–H groups in total. The highest BCUT2D eigenvalue weighted by Crippen LogP contribution is 2.28. The zero-order chi connectivity index (χ0) is 8.10. The van der Waals surface area contributed by atoms with E-state index in [1.807, 2.05) is 0 Å². The van der Waals surface area contributed by atoms with Gasteiger partial charge in [-0.2, -0.15) is 0 Å². The minimum absolute atomic E-state index is 0.199. The quantitative estimate of drug-likeness (QED) is 0.519. The Morgan fingerprint density at radius 2 is 2.00 bits per heavy atom.